The summed E-state index contributed by atoms with van der Waals surface area (Å²) in [6.45, 7) is 7.28. The van der Waals surface area contributed by atoms with Gasteiger partial charge in [0.2, 0.25) is 0 Å². The van der Waals surface area contributed by atoms with Crippen molar-refractivity contribution < 1.29 is 19.1 Å². The van der Waals surface area contributed by atoms with Gasteiger partial charge in [-0.1, -0.05) is 6.07 Å². The van der Waals surface area contributed by atoms with E-state index in [1.165, 1.54) is 0 Å². The van der Waals surface area contributed by atoms with Crippen LogP contribution in [0.5, 0.6) is 11.5 Å². The third-order valence-electron chi connectivity index (χ3n) is 2.89. The summed E-state index contributed by atoms with van der Waals surface area (Å²) in [6, 6.07) is 5.06. The monoisotopic (exact) mass is 279 g/mol. The van der Waals surface area contributed by atoms with Crippen molar-refractivity contribution in [1.29, 1.82) is 0 Å². The fraction of sp³-hybridized carbons (Fsp3) is 0.467. The maximum atomic E-state index is 11.9. The molecule has 1 amide bonds. The molecule has 1 aromatic rings. The Balaban J connectivity index is 2.85. The molecule has 0 saturated heterocycles. The summed E-state index contributed by atoms with van der Waals surface area (Å²) in [5.74, 6) is 0.687. The van der Waals surface area contributed by atoms with E-state index < -0.39 is 0 Å². The van der Waals surface area contributed by atoms with Gasteiger partial charge in [-0.25, -0.2) is 0 Å². The molecule has 0 aliphatic carbocycles. The highest BCUT2D eigenvalue weighted by Crippen LogP contribution is 2.30. The number of carbonyl (C=O) groups excluding carboxylic acids is 2. The Bertz CT molecular complexity index is 455. The Hall–Kier alpha value is -2.04. The van der Waals surface area contributed by atoms with Gasteiger partial charge in [0.25, 0.3) is 5.91 Å². The number of hydrogen-bond acceptors (Lipinski definition) is 4. The van der Waals surface area contributed by atoms with Crippen LogP contribution in [0.1, 0.15) is 31.1 Å². The van der Waals surface area contributed by atoms with Gasteiger partial charge >= 0.3 is 0 Å². The molecule has 0 aromatic heterocycles. The molecule has 0 aliphatic rings. The number of likely N-dealkylation sites (N-methyl/N-ethyl adjacent to an activating group) is 1. The van der Waals surface area contributed by atoms with E-state index in [0.717, 1.165) is 0 Å². The summed E-state index contributed by atoms with van der Waals surface area (Å²) in [5.41, 5.74) is 0.378. The van der Waals surface area contributed by atoms with Gasteiger partial charge in [0, 0.05) is 13.1 Å². The third kappa shape index (κ3) is 3.98. The zero-order valence-electron chi connectivity index (χ0n) is 12.2. The van der Waals surface area contributed by atoms with Crippen LogP contribution in [0.15, 0.2) is 18.2 Å². The second-order valence-corrected chi connectivity index (χ2v) is 4.08. The summed E-state index contributed by atoms with van der Waals surface area (Å²) >= 11 is 0. The van der Waals surface area contributed by atoms with E-state index in [1.807, 2.05) is 20.8 Å². The average molecular weight is 279 g/mol. The first kappa shape index (κ1) is 16.0. The van der Waals surface area contributed by atoms with Gasteiger partial charge in [0.15, 0.2) is 24.4 Å². The predicted molar refractivity (Wildman–Crippen MR) is 76.4 cm³/mol. The summed E-state index contributed by atoms with van der Waals surface area (Å²) in [4.78, 5) is 24.6. The van der Waals surface area contributed by atoms with Crippen molar-refractivity contribution in [3.05, 3.63) is 23.8 Å². The maximum Gasteiger partial charge on any atom is 0.260 e. The molecule has 1 rings (SSSR count). The lowest BCUT2D eigenvalue weighted by Crippen LogP contribution is -2.34. The quantitative estimate of drug-likeness (QED) is 0.684. The molecule has 0 unspecified atom stereocenters. The van der Waals surface area contributed by atoms with Crippen LogP contribution >= 0.6 is 0 Å². The summed E-state index contributed by atoms with van der Waals surface area (Å²) in [6.07, 6.45) is 0.694. The first-order valence-electron chi connectivity index (χ1n) is 6.79. The zero-order chi connectivity index (χ0) is 15.0. The molecular weight excluding hydrogens is 258 g/mol. The number of aldehydes is 1. The van der Waals surface area contributed by atoms with Crippen LogP contribution in [0.25, 0.3) is 0 Å². The molecule has 0 heterocycles. The maximum absolute atomic E-state index is 11.9. The first-order valence-corrected chi connectivity index (χ1v) is 6.79. The molecule has 0 saturated carbocycles. The lowest BCUT2D eigenvalue weighted by atomic mass is 10.2. The van der Waals surface area contributed by atoms with Crippen molar-refractivity contribution in [2.24, 2.45) is 0 Å². The number of amides is 1. The Labute approximate surface area is 119 Å². The SMILES string of the molecule is CCOc1cccc(C=O)c1OCC(=O)N(CC)CC. The minimum atomic E-state index is -0.113. The Morgan fingerprint density at radius 2 is 1.90 bits per heavy atom. The predicted octanol–water partition coefficient (Wildman–Crippen LogP) is 2.14. The topological polar surface area (TPSA) is 55.8 Å². The van der Waals surface area contributed by atoms with Gasteiger partial charge in [-0.2, -0.15) is 0 Å². The fourth-order valence-corrected chi connectivity index (χ4v) is 1.85. The summed E-state index contributed by atoms with van der Waals surface area (Å²) in [5, 5.41) is 0. The van der Waals surface area contributed by atoms with E-state index in [-0.39, 0.29) is 12.5 Å². The molecule has 1 aromatic carbocycles. The number of rotatable bonds is 8. The lowest BCUT2D eigenvalue weighted by Gasteiger charge is -2.19. The standard InChI is InChI=1S/C15H21NO4/c1-4-16(5-2)14(18)11-20-15-12(10-17)8-7-9-13(15)19-6-3/h7-10H,4-6,11H2,1-3H3. The van der Waals surface area contributed by atoms with Crippen LogP contribution < -0.4 is 9.47 Å². The minimum absolute atomic E-state index is 0.105. The van der Waals surface area contributed by atoms with Gasteiger partial charge in [-0.15, -0.1) is 0 Å². The molecule has 0 atom stereocenters. The Morgan fingerprint density at radius 1 is 1.20 bits per heavy atom. The number of hydrogen-bond donors (Lipinski definition) is 0. The van der Waals surface area contributed by atoms with E-state index in [9.17, 15) is 9.59 Å². The molecule has 20 heavy (non-hydrogen) atoms. The third-order valence-corrected chi connectivity index (χ3v) is 2.89. The molecule has 0 aliphatic heterocycles. The second kappa shape index (κ2) is 8.19. The summed E-state index contributed by atoms with van der Waals surface area (Å²) < 4.78 is 10.9. The number of ether oxygens (including phenoxy) is 2. The normalized spacial score (nSPS) is 9.95. The smallest absolute Gasteiger partial charge is 0.260 e. The molecule has 5 heteroatoms. The molecule has 0 spiro atoms. The van der Waals surface area contributed by atoms with Crippen molar-refractivity contribution in [3.8, 4) is 11.5 Å². The highest BCUT2D eigenvalue weighted by Gasteiger charge is 2.15. The number of benzene rings is 1. The Morgan fingerprint density at radius 3 is 2.45 bits per heavy atom. The van der Waals surface area contributed by atoms with Crippen molar-refractivity contribution >= 4 is 12.2 Å². The van der Waals surface area contributed by atoms with Gasteiger partial charge in [0.1, 0.15) is 0 Å². The van der Waals surface area contributed by atoms with E-state index in [1.54, 1.807) is 23.1 Å². The highest BCUT2D eigenvalue weighted by atomic mass is 16.5. The number of nitrogens with zero attached hydrogens (tertiary/aromatic N) is 1. The van der Waals surface area contributed by atoms with Gasteiger partial charge in [-0.05, 0) is 32.9 Å². The summed E-state index contributed by atoms with van der Waals surface area (Å²) in [7, 11) is 0. The van der Waals surface area contributed by atoms with E-state index >= 15 is 0 Å². The molecule has 5 nitrogen and oxygen atoms in total. The van der Waals surface area contributed by atoms with E-state index in [0.29, 0.717) is 43.0 Å². The second-order valence-electron chi connectivity index (χ2n) is 4.08. The van der Waals surface area contributed by atoms with Crippen molar-refractivity contribution in [3.63, 3.8) is 0 Å². The molecule has 0 N–H and O–H groups in total. The number of para-hydroxylation sites is 1. The van der Waals surface area contributed by atoms with Crippen LogP contribution in [0.4, 0.5) is 0 Å². The van der Waals surface area contributed by atoms with Crippen LogP contribution in [0, 0.1) is 0 Å². The molecule has 110 valence electrons. The van der Waals surface area contributed by atoms with Gasteiger partial charge in [-0.3, -0.25) is 9.59 Å². The van der Waals surface area contributed by atoms with Crippen LogP contribution in [0.3, 0.4) is 0 Å². The fourth-order valence-electron chi connectivity index (χ4n) is 1.85. The van der Waals surface area contributed by atoms with E-state index in [2.05, 4.69) is 0 Å². The van der Waals surface area contributed by atoms with Crippen LogP contribution in [-0.2, 0) is 4.79 Å². The zero-order valence-corrected chi connectivity index (χ0v) is 12.2. The highest BCUT2D eigenvalue weighted by molar-refractivity contribution is 5.82. The van der Waals surface area contributed by atoms with E-state index in [4.69, 9.17) is 9.47 Å². The van der Waals surface area contributed by atoms with Crippen molar-refractivity contribution in [2.45, 2.75) is 20.8 Å². The average Bonchev–Trinajstić information content (AvgIpc) is 2.47. The van der Waals surface area contributed by atoms with Gasteiger partial charge in [0.05, 0.1) is 12.2 Å². The lowest BCUT2D eigenvalue weighted by molar-refractivity contribution is -0.133. The van der Waals surface area contributed by atoms with Crippen LogP contribution in [-0.4, -0.2) is 43.4 Å². The number of carbonyl (C=O) groups is 2. The van der Waals surface area contributed by atoms with Crippen LogP contribution in [0.2, 0.25) is 0 Å². The first-order chi connectivity index (χ1) is 9.67. The van der Waals surface area contributed by atoms with Crippen molar-refractivity contribution in [2.75, 3.05) is 26.3 Å². The molecule has 0 radical (unpaired) electrons. The Kier molecular flexibility index (Phi) is 6.56. The molecular formula is C15H21NO4. The largest absolute Gasteiger partial charge is 0.490 e. The molecule has 0 fully saturated rings. The minimum Gasteiger partial charge on any atom is -0.490 e. The van der Waals surface area contributed by atoms with Crippen molar-refractivity contribution in [1.82, 2.24) is 4.90 Å². The molecule has 0 bridgehead atoms. The van der Waals surface area contributed by atoms with Gasteiger partial charge < -0.3 is 14.4 Å².